The molecule has 0 atom stereocenters. The lowest BCUT2D eigenvalue weighted by atomic mass is 10.2. The van der Waals surface area contributed by atoms with E-state index in [9.17, 15) is 19.7 Å². The normalized spacial score (nSPS) is 10.5. The van der Waals surface area contributed by atoms with Gasteiger partial charge in [-0.05, 0) is 25.1 Å². The highest BCUT2D eigenvalue weighted by molar-refractivity contribution is 6.00. The summed E-state index contributed by atoms with van der Waals surface area (Å²) in [6.45, 7) is 0.984. The molecule has 28 heavy (non-hydrogen) atoms. The minimum atomic E-state index is -0.773. The number of ether oxygens (including phenoxy) is 2. The lowest BCUT2D eigenvalue weighted by Gasteiger charge is -2.08. The molecule has 0 bridgehead atoms. The summed E-state index contributed by atoms with van der Waals surface area (Å²) in [6.07, 6.45) is 3.13. The molecule has 11 heteroatoms. The lowest BCUT2D eigenvalue weighted by Crippen LogP contribution is -2.21. The number of hydrogen-bond donors (Lipinski definition) is 1. The standard InChI is InChI=1S/C17H15N5O6/c1-10-15(16-18-6-3-7-21(16)20-10)17(24)28-9-14(23)19-12-5-4-11(27-2)8-13(12)22(25)26/h3-8H,9H2,1-2H3,(H,19,23). The molecular formula is C17H15N5O6. The van der Waals surface area contributed by atoms with Gasteiger partial charge in [0.1, 0.15) is 17.0 Å². The van der Waals surface area contributed by atoms with Crippen LogP contribution in [0.15, 0.2) is 36.7 Å². The van der Waals surface area contributed by atoms with Gasteiger partial charge in [-0.3, -0.25) is 14.9 Å². The number of anilines is 1. The van der Waals surface area contributed by atoms with Crippen molar-refractivity contribution in [1.29, 1.82) is 0 Å². The number of carbonyl (C=O) groups is 2. The quantitative estimate of drug-likeness (QED) is 0.385. The Morgan fingerprint density at radius 3 is 2.86 bits per heavy atom. The topological polar surface area (TPSA) is 138 Å². The minimum Gasteiger partial charge on any atom is -0.496 e. The second-order valence-electron chi connectivity index (χ2n) is 5.61. The fourth-order valence-corrected chi connectivity index (χ4v) is 2.52. The first kappa shape index (κ1) is 18.8. The van der Waals surface area contributed by atoms with E-state index in [4.69, 9.17) is 9.47 Å². The van der Waals surface area contributed by atoms with Crippen molar-refractivity contribution < 1.29 is 24.0 Å². The van der Waals surface area contributed by atoms with E-state index < -0.39 is 23.4 Å². The largest absolute Gasteiger partial charge is 0.496 e. The molecule has 144 valence electrons. The second-order valence-corrected chi connectivity index (χ2v) is 5.61. The lowest BCUT2D eigenvalue weighted by molar-refractivity contribution is -0.384. The Balaban J connectivity index is 1.70. The molecule has 11 nitrogen and oxygen atoms in total. The molecule has 1 amide bonds. The summed E-state index contributed by atoms with van der Waals surface area (Å²) in [7, 11) is 1.37. The molecular weight excluding hydrogens is 370 g/mol. The number of aromatic nitrogens is 3. The van der Waals surface area contributed by atoms with Crippen LogP contribution in [-0.4, -0.2) is 45.1 Å². The molecule has 0 saturated heterocycles. The molecule has 0 fully saturated rings. The predicted octanol–water partition coefficient (Wildman–Crippen LogP) is 1.75. The highest BCUT2D eigenvalue weighted by Crippen LogP contribution is 2.28. The van der Waals surface area contributed by atoms with Crippen LogP contribution in [0, 0.1) is 17.0 Å². The molecule has 0 spiro atoms. The molecule has 0 aliphatic rings. The van der Waals surface area contributed by atoms with Gasteiger partial charge in [0.25, 0.3) is 11.6 Å². The number of methoxy groups -OCH3 is 1. The van der Waals surface area contributed by atoms with Gasteiger partial charge in [0, 0.05) is 12.4 Å². The first-order valence-electron chi connectivity index (χ1n) is 8.00. The van der Waals surface area contributed by atoms with E-state index in [0.717, 1.165) is 0 Å². The van der Waals surface area contributed by atoms with E-state index in [-0.39, 0.29) is 22.7 Å². The van der Waals surface area contributed by atoms with Crippen molar-refractivity contribution in [2.75, 3.05) is 19.0 Å². The molecule has 2 aromatic heterocycles. The van der Waals surface area contributed by atoms with Crippen molar-refractivity contribution in [2.45, 2.75) is 6.92 Å². The van der Waals surface area contributed by atoms with E-state index in [0.29, 0.717) is 11.3 Å². The second kappa shape index (κ2) is 7.70. The van der Waals surface area contributed by atoms with Crippen LogP contribution in [0.2, 0.25) is 0 Å². The molecule has 1 N–H and O–H groups in total. The molecule has 3 aromatic rings. The van der Waals surface area contributed by atoms with E-state index >= 15 is 0 Å². The molecule has 0 radical (unpaired) electrons. The van der Waals surface area contributed by atoms with Crippen LogP contribution in [0.3, 0.4) is 0 Å². The Morgan fingerprint density at radius 1 is 1.36 bits per heavy atom. The summed E-state index contributed by atoms with van der Waals surface area (Å²) in [4.78, 5) is 39.0. The number of nitrogens with one attached hydrogen (secondary N) is 1. The van der Waals surface area contributed by atoms with Crippen LogP contribution in [0.5, 0.6) is 5.75 Å². The van der Waals surface area contributed by atoms with Crippen LogP contribution < -0.4 is 10.1 Å². The van der Waals surface area contributed by atoms with Gasteiger partial charge in [-0.25, -0.2) is 14.3 Å². The van der Waals surface area contributed by atoms with Gasteiger partial charge in [0.05, 0.1) is 23.8 Å². The van der Waals surface area contributed by atoms with Crippen LogP contribution in [0.25, 0.3) is 5.65 Å². The Bertz CT molecular complexity index is 1080. The van der Waals surface area contributed by atoms with Gasteiger partial charge in [-0.2, -0.15) is 5.10 Å². The number of rotatable bonds is 6. The zero-order chi connectivity index (χ0) is 20.3. The third-order valence-corrected chi connectivity index (χ3v) is 3.78. The van der Waals surface area contributed by atoms with E-state index in [1.54, 1.807) is 19.2 Å². The summed E-state index contributed by atoms with van der Waals surface area (Å²) < 4.78 is 11.4. The third kappa shape index (κ3) is 3.72. The summed E-state index contributed by atoms with van der Waals surface area (Å²) in [5.41, 5.74) is 0.456. The van der Waals surface area contributed by atoms with E-state index in [2.05, 4.69) is 15.4 Å². The molecule has 2 heterocycles. The Hall–Kier alpha value is -4.02. The SMILES string of the molecule is COc1ccc(NC(=O)COC(=O)c2c(C)nn3cccnc23)c([N+](=O)[O-])c1. The van der Waals surface area contributed by atoms with Crippen LogP contribution >= 0.6 is 0 Å². The maximum atomic E-state index is 12.3. The van der Waals surface area contributed by atoms with Crippen molar-refractivity contribution in [2.24, 2.45) is 0 Å². The van der Waals surface area contributed by atoms with Gasteiger partial charge >= 0.3 is 5.97 Å². The van der Waals surface area contributed by atoms with Crippen LogP contribution in [0.1, 0.15) is 16.1 Å². The predicted molar refractivity (Wildman–Crippen MR) is 96.3 cm³/mol. The fraction of sp³-hybridized carbons (Fsp3) is 0.176. The molecule has 0 unspecified atom stereocenters. The van der Waals surface area contributed by atoms with E-state index in [1.807, 2.05) is 0 Å². The number of amides is 1. The summed E-state index contributed by atoms with van der Waals surface area (Å²) in [5.74, 6) is -1.23. The number of nitro groups is 1. The first-order chi connectivity index (χ1) is 13.4. The van der Waals surface area contributed by atoms with Gasteiger partial charge in [0.2, 0.25) is 0 Å². The van der Waals surface area contributed by atoms with Gasteiger partial charge in [-0.15, -0.1) is 0 Å². The van der Waals surface area contributed by atoms with E-state index in [1.165, 1.54) is 36.0 Å². The maximum absolute atomic E-state index is 12.3. The van der Waals surface area contributed by atoms with Gasteiger partial charge in [-0.1, -0.05) is 0 Å². The zero-order valence-electron chi connectivity index (χ0n) is 14.9. The molecule has 0 saturated carbocycles. The smallest absolute Gasteiger partial charge is 0.344 e. The minimum absolute atomic E-state index is 0.0410. The molecule has 3 rings (SSSR count). The van der Waals surface area contributed by atoms with Gasteiger partial charge in [0.15, 0.2) is 12.3 Å². The number of aryl methyl sites for hydroxylation is 1. The highest BCUT2D eigenvalue weighted by Gasteiger charge is 2.22. The van der Waals surface area contributed by atoms with Gasteiger partial charge < -0.3 is 14.8 Å². The monoisotopic (exact) mass is 385 g/mol. The number of nitro benzene ring substituents is 1. The number of esters is 1. The summed E-state index contributed by atoms with van der Waals surface area (Å²) >= 11 is 0. The number of nitrogens with zero attached hydrogens (tertiary/aromatic N) is 4. The van der Waals surface area contributed by atoms with Crippen molar-refractivity contribution >= 4 is 28.9 Å². The maximum Gasteiger partial charge on any atom is 0.344 e. The molecule has 1 aromatic carbocycles. The molecule has 0 aliphatic carbocycles. The third-order valence-electron chi connectivity index (χ3n) is 3.78. The number of fused-ring (bicyclic) bond motifs is 1. The summed E-state index contributed by atoms with van der Waals surface area (Å²) in [5, 5.41) is 17.6. The zero-order valence-corrected chi connectivity index (χ0v) is 14.9. The average Bonchev–Trinajstić information content (AvgIpc) is 3.02. The Kier molecular flexibility index (Phi) is 5.16. The van der Waals surface area contributed by atoms with Crippen molar-refractivity contribution in [3.8, 4) is 5.75 Å². The first-order valence-corrected chi connectivity index (χ1v) is 8.00. The van der Waals surface area contributed by atoms with Crippen molar-refractivity contribution in [1.82, 2.24) is 14.6 Å². The Labute approximate surface area is 158 Å². The van der Waals surface area contributed by atoms with Crippen LogP contribution in [-0.2, 0) is 9.53 Å². The molecule has 0 aliphatic heterocycles. The fourth-order valence-electron chi connectivity index (χ4n) is 2.52. The summed E-state index contributed by atoms with van der Waals surface area (Å²) in [6, 6.07) is 5.62. The number of carbonyl (C=O) groups excluding carboxylic acids is 2. The highest BCUT2D eigenvalue weighted by atomic mass is 16.6. The number of benzene rings is 1. The van der Waals surface area contributed by atoms with Crippen LogP contribution in [0.4, 0.5) is 11.4 Å². The van der Waals surface area contributed by atoms with Crippen molar-refractivity contribution in [3.63, 3.8) is 0 Å². The Morgan fingerprint density at radius 2 is 2.14 bits per heavy atom. The number of hydrogen-bond acceptors (Lipinski definition) is 8. The average molecular weight is 385 g/mol. The van der Waals surface area contributed by atoms with Crippen molar-refractivity contribution in [3.05, 3.63) is 58.0 Å².